The molecule has 28 heavy (non-hydrogen) atoms. The quantitative estimate of drug-likeness (QED) is 0.422. The number of thioether (sulfide) groups is 1. The molecule has 0 fully saturated rings. The molecule has 4 heteroatoms. The number of alkyl halides is 3. The highest BCUT2D eigenvalue weighted by atomic mass is 32.2. The van der Waals surface area contributed by atoms with Crippen molar-refractivity contribution < 1.29 is 13.2 Å². The number of benzene rings is 3. The van der Waals surface area contributed by atoms with E-state index in [0.717, 1.165) is 18.1 Å². The Morgan fingerprint density at radius 1 is 0.786 bits per heavy atom. The van der Waals surface area contributed by atoms with E-state index in [4.69, 9.17) is 0 Å². The van der Waals surface area contributed by atoms with Crippen molar-refractivity contribution in [3.05, 3.63) is 101 Å². The van der Waals surface area contributed by atoms with Gasteiger partial charge in [-0.1, -0.05) is 66.7 Å². The van der Waals surface area contributed by atoms with Gasteiger partial charge < -0.3 is 0 Å². The van der Waals surface area contributed by atoms with E-state index in [-0.39, 0.29) is 4.75 Å². The van der Waals surface area contributed by atoms with Crippen LogP contribution in [0.1, 0.15) is 28.7 Å². The smallest absolute Gasteiger partial charge is 0.166 e. The first-order valence-corrected chi connectivity index (χ1v) is 10.2. The van der Waals surface area contributed by atoms with Gasteiger partial charge in [-0.2, -0.15) is 13.2 Å². The van der Waals surface area contributed by atoms with Crippen molar-refractivity contribution in [2.75, 3.05) is 5.75 Å². The number of rotatable bonds is 1. The highest BCUT2D eigenvalue weighted by molar-refractivity contribution is 8.00. The molecule has 0 unspecified atom stereocenters. The molecule has 3 aromatic rings. The third-order valence-corrected chi connectivity index (χ3v) is 7.24. The number of allylic oxidation sites excluding steroid dienone is 1. The van der Waals surface area contributed by atoms with Gasteiger partial charge in [0, 0.05) is 5.75 Å². The second kappa shape index (κ2) is 6.28. The number of hydrogen-bond donors (Lipinski definition) is 0. The highest BCUT2D eigenvalue weighted by Gasteiger charge is 2.44. The van der Waals surface area contributed by atoms with Gasteiger partial charge in [0.25, 0.3) is 0 Å². The van der Waals surface area contributed by atoms with Crippen molar-refractivity contribution in [1.82, 2.24) is 0 Å². The predicted molar refractivity (Wildman–Crippen MR) is 109 cm³/mol. The van der Waals surface area contributed by atoms with Crippen LogP contribution < -0.4 is 0 Å². The zero-order valence-electron chi connectivity index (χ0n) is 15.0. The maximum absolute atomic E-state index is 13.1. The molecular formula is C24H17F3S. The summed E-state index contributed by atoms with van der Waals surface area (Å²) in [6.45, 7) is 0. The van der Waals surface area contributed by atoms with Crippen LogP contribution in [-0.4, -0.2) is 5.75 Å². The molecule has 1 spiro atoms. The van der Waals surface area contributed by atoms with Crippen LogP contribution >= 0.6 is 11.8 Å². The fourth-order valence-corrected chi connectivity index (χ4v) is 5.90. The SMILES string of the molecule is FC(F)(F)c1cccc(C2=CCC3(SC2)c2ccccc2-c2ccccc23)c1. The molecule has 0 atom stereocenters. The monoisotopic (exact) mass is 394 g/mol. The lowest BCUT2D eigenvalue weighted by Gasteiger charge is -2.34. The molecule has 0 aromatic heterocycles. The fourth-order valence-electron chi connectivity index (χ4n) is 4.34. The normalized spacial score (nSPS) is 17.2. The zero-order chi connectivity index (χ0) is 19.4. The molecule has 0 saturated carbocycles. The summed E-state index contributed by atoms with van der Waals surface area (Å²) >= 11 is 1.83. The Morgan fingerprint density at radius 3 is 2.00 bits per heavy atom. The van der Waals surface area contributed by atoms with E-state index in [9.17, 15) is 13.2 Å². The summed E-state index contributed by atoms with van der Waals surface area (Å²) in [5, 5.41) is 0. The largest absolute Gasteiger partial charge is 0.416 e. The first-order valence-electron chi connectivity index (χ1n) is 9.19. The van der Waals surface area contributed by atoms with Crippen molar-refractivity contribution in [3.8, 4) is 11.1 Å². The molecule has 0 radical (unpaired) electrons. The van der Waals surface area contributed by atoms with Crippen LogP contribution in [0.25, 0.3) is 16.7 Å². The van der Waals surface area contributed by atoms with Crippen LogP contribution in [0.15, 0.2) is 78.9 Å². The molecule has 1 aliphatic carbocycles. The summed E-state index contributed by atoms with van der Waals surface area (Å²) in [6.07, 6.45) is -1.41. The van der Waals surface area contributed by atoms with Crippen LogP contribution in [0.2, 0.25) is 0 Å². The van der Waals surface area contributed by atoms with Crippen molar-refractivity contribution in [1.29, 1.82) is 0 Å². The van der Waals surface area contributed by atoms with Gasteiger partial charge in [0.05, 0.1) is 10.3 Å². The topological polar surface area (TPSA) is 0 Å². The molecule has 0 bridgehead atoms. The molecule has 0 N–H and O–H groups in total. The Bertz CT molecular complexity index is 1050. The van der Waals surface area contributed by atoms with E-state index in [1.165, 1.54) is 34.4 Å². The minimum absolute atomic E-state index is 0.154. The van der Waals surface area contributed by atoms with Crippen LogP contribution in [0.5, 0.6) is 0 Å². The molecule has 2 aliphatic rings. The maximum atomic E-state index is 13.1. The molecule has 3 aromatic carbocycles. The summed E-state index contributed by atoms with van der Waals surface area (Å²) in [4.78, 5) is 0. The van der Waals surface area contributed by atoms with Crippen LogP contribution in [0.3, 0.4) is 0 Å². The first kappa shape index (κ1) is 17.6. The van der Waals surface area contributed by atoms with Gasteiger partial charge in [-0.3, -0.25) is 0 Å². The molecule has 1 aliphatic heterocycles. The van der Waals surface area contributed by atoms with E-state index in [1.807, 2.05) is 11.8 Å². The van der Waals surface area contributed by atoms with Gasteiger partial charge in [0.1, 0.15) is 0 Å². The van der Waals surface area contributed by atoms with Gasteiger partial charge in [0.2, 0.25) is 0 Å². The van der Waals surface area contributed by atoms with Crippen molar-refractivity contribution in [3.63, 3.8) is 0 Å². The summed E-state index contributed by atoms with van der Waals surface area (Å²) in [5.74, 6) is 0.685. The number of halogens is 3. The van der Waals surface area contributed by atoms with E-state index < -0.39 is 11.7 Å². The number of fused-ring (bicyclic) bond motifs is 5. The standard InChI is InChI=1S/C24H17F3S/c25-24(26,27)18-7-5-6-16(14-18)17-12-13-23(28-15-17)21-10-3-1-8-19(21)20-9-2-4-11-22(20)23/h1-12,14H,13,15H2. The van der Waals surface area contributed by atoms with Gasteiger partial charge in [-0.15, -0.1) is 11.8 Å². The Hall–Kier alpha value is -2.46. The zero-order valence-corrected chi connectivity index (χ0v) is 15.8. The van der Waals surface area contributed by atoms with Gasteiger partial charge in [-0.25, -0.2) is 0 Å². The van der Waals surface area contributed by atoms with E-state index in [1.54, 1.807) is 6.07 Å². The van der Waals surface area contributed by atoms with Gasteiger partial charge in [0.15, 0.2) is 0 Å². The van der Waals surface area contributed by atoms with Crippen LogP contribution in [0, 0.1) is 0 Å². The molecule has 140 valence electrons. The average molecular weight is 394 g/mol. The Balaban J connectivity index is 1.56. The summed E-state index contributed by atoms with van der Waals surface area (Å²) < 4.78 is 39.1. The van der Waals surface area contributed by atoms with Crippen molar-refractivity contribution in [2.24, 2.45) is 0 Å². The fraction of sp³-hybridized carbons (Fsp3) is 0.167. The third kappa shape index (κ3) is 2.62. The first-order chi connectivity index (χ1) is 13.5. The average Bonchev–Trinajstić information content (AvgIpc) is 2.99. The molecule has 5 rings (SSSR count). The van der Waals surface area contributed by atoms with Crippen LogP contribution in [-0.2, 0) is 10.9 Å². The maximum Gasteiger partial charge on any atom is 0.416 e. The summed E-state index contributed by atoms with van der Waals surface area (Å²) in [5.41, 5.74) is 6.19. The Kier molecular flexibility index (Phi) is 3.95. The molecular weight excluding hydrogens is 377 g/mol. The molecule has 0 saturated heterocycles. The minimum Gasteiger partial charge on any atom is -0.166 e. The van der Waals surface area contributed by atoms with E-state index >= 15 is 0 Å². The van der Waals surface area contributed by atoms with Crippen molar-refractivity contribution in [2.45, 2.75) is 17.3 Å². The van der Waals surface area contributed by atoms with Gasteiger partial charge in [-0.05, 0) is 51.9 Å². The Morgan fingerprint density at radius 2 is 1.43 bits per heavy atom. The summed E-state index contributed by atoms with van der Waals surface area (Å²) in [6, 6.07) is 22.6. The predicted octanol–water partition coefficient (Wildman–Crippen LogP) is 7.15. The third-order valence-electron chi connectivity index (χ3n) is 5.69. The molecule has 1 heterocycles. The lowest BCUT2D eigenvalue weighted by atomic mass is 9.90. The van der Waals surface area contributed by atoms with Crippen molar-refractivity contribution >= 4 is 17.3 Å². The second-order valence-electron chi connectivity index (χ2n) is 7.22. The van der Waals surface area contributed by atoms with Gasteiger partial charge >= 0.3 is 6.18 Å². The van der Waals surface area contributed by atoms with E-state index in [0.29, 0.717) is 11.3 Å². The van der Waals surface area contributed by atoms with E-state index in [2.05, 4.69) is 54.6 Å². The minimum atomic E-state index is -4.32. The number of hydrogen-bond acceptors (Lipinski definition) is 1. The Labute approximate surface area is 166 Å². The second-order valence-corrected chi connectivity index (χ2v) is 8.49. The lowest BCUT2D eigenvalue weighted by molar-refractivity contribution is -0.137. The summed E-state index contributed by atoms with van der Waals surface area (Å²) in [7, 11) is 0. The molecule has 0 amide bonds. The highest BCUT2D eigenvalue weighted by Crippen LogP contribution is 2.59. The molecule has 0 nitrogen and oxygen atoms in total. The van der Waals surface area contributed by atoms with Crippen LogP contribution in [0.4, 0.5) is 13.2 Å². The lowest BCUT2D eigenvalue weighted by Crippen LogP contribution is -2.24.